The molecule has 1 aliphatic rings. The van der Waals surface area contributed by atoms with Crippen molar-refractivity contribution < 1.29 is 28.6 Å². The van der Waals surface area contributed by atoms with E-state index in [1.807, 2.05) is 37.3 Å². The molecule has 196 valence electrons. The minimum atomic E-state index is -0.992. The van der Waals surface area contributed by atoms with E-state index in [0.717, 1.165) is 48.5 Å². The first-order valence-electron chi connectivity index (χ1n) is 12.7. The number of benzene rings is 2. The average molecular weight is 507 g/mol. The van der Waals surface area contributed by atoms with Gasteiger partial charge in [0.1, 0.15) is 17.2 Å². The van der Waals surface area contributed by atoms with Crippen LogP contribution in [0, 0.1) is 12.8 Å². The normalized spacial score (nSPS) is 18.2. The smallest absolute Gasteiger partial charge is 0.311 e. The quantitative estimate of drug-likeness (QED) is 0.372. The Kier molecular flexibility index (Phi) is 8.95. The molecule has 1 amide bonds. The van der Waals surface area contributed by atoms with Gasteiger partial charge in [-0.15, -0.1) is 0 Å². The van der Waals surface area contributed by atoms with E-state index < -0.39 is 11.9 Å². The number of carbonyl (C=O) groups excluding carboxylic acids is 1. The number of aliphatic carboxylic acids is 1. The van der Waals surface area contributed by atoms with Crippen LogP contribution >= 0.6 is 0 Å². The maximum Gasteiger partial charge on any atom is 0.311 e. The summed E-state index contributed by atoms with van der Waals surface area (Å²) in [7, 11) is 1.62. The second kappa shape index (κ2) is 12.5. The van der Waals surface area contributed by atoms with Crippen LogP contribution in [0.5, 0.6) is 5.75 Å². The molecule has 3 aromatic rings. The molecule has 0 bridgehead atoms. The van der Waals surface area contributed by atoms with Gasteiger partial charge in [0, 0.05) is 24.6 Å². The van der Waals surface area contributed by atoms with Crippen LogP contribution in [-0.2, 0) is 20.9 Å². The molecule has 1 aliphatic carbocycles. The number of carboxylic acid groups (broad SMARTS) is 1. The summed E-state index contributed by atoms with van der Waals surface area (Å²) in [6, 6.07) is 16.5. The predicted octanol–water partition coefficient (Wildman–Crippen LogP) is 5.11. The standard InChI is InChI=1S/C29H34N2O6/c1-19-26(31-28(37-19)22-11-7-13-24(15-22)35-2)18-36-17-20-8-6-12-23(14-20)30-27(32)16-25(29(33)34)21-9-4-3-5-10-21/h3-5,7,9-11,13,15,20,23,25H,6,8,12,14,16-18H2,1-2H3,(H,30,32)(H,33,34). The number of aromatic nitrogens is 1. The molecule has 2 N–H and O–H groups in total. The van der Waals surface area contributed by atoms with E-state index in [0.29, 0.717) is 30.6 Å². The zero-order valence-electron chi connectivity index (χ0n) is 21.3. The lowest BCUT2D eigenvalue weighted by molar-refractivity contribution is -0.141. The topological polar surface area (TPSA) is 111 Å². The van der Waals surface area contributed by atoms with E-state index in [4.69, 9.17) is 13.9 Å². The van der Waals surface area contributed by atoms with Crippen molar-refractivity contribution in [1.29, 1.82) is 0 Å². The van der Waals surface area contributed by atoms with Crippen LogP contribution in [0.25, 0.3) is 11.5 Å². The van der Waals surface area contributed by atoms with Crippen LogP contribution in [0.1, 0.15) is 55.0 Å². The number of nitrogens with zero attached hydrogens (tertiary/aromatic N) is 1. The fourth-order valence-electron chi connectivity index (χ4n) is 4.84. The van der Waals surface area contributed by atoms with Crippen molar-refractivity contribution in [2.75, 3.05) is 13.7 Å². The second-order valence-electron chi connectivity index (χ2n) is 9.57. The number of hydrogen-bond acceptors (Lipinski definition) is 6. The fourth-order valence-corrected chi connectivity index (χ4v) is 4.84. The molecule has 0 radical (unpaired) electrons. The summed E-state index contributed by atoms with van der Waals surface area (Å²) in [6.45, 7) is 2.79. The number of ether oxygens (including phenoxy) is 2. The maximum absolute atomic E-state index is 12.7. The summed E-state index contributed by atoms with van der Waals surface area (Å²) in [6.07, 6.45) is 3.64. The van der Waals surface area contributed by atoms with Crippen molar-refractivity contribution in [3.8, 4) is 17.2 Å². The van der Waals surface area contributed by atoms with E-state index in [1.54, 1.807) is 31.4 Å². The first-order chi connectivity index (χ1) is 17.9. The molecule has 8 nitrogen and oxygen atoms in total. The number of carbonyl (C=O) groups is 2. The minimum Gasteiger partial charge on any atom is -0.497 e. The molecule has 3 unspecified atom stereocenters. The lowest BCUT2D eigenvalue weighted by Crippen LogP contribution is -2.40. The van der Waals surface area contributed by atoms with Gasteiger partial charge in [-0.05, 0) is 55.9 Å². The van der Waals surface area contributed by atoms with Gasteiger partial charge >= 0.3 is 5.97 Å². The number of rotatable bonds is 11. The number of carboxylic acids is 1. The molecule has 1 aromatic heterocycles. The van der Waals surface area contributed by atoms with Crippen LogP contribution in [0.3, 0.4) is 0 Å². The first kappa shape index (κ1) is 26.4. The van der Waals surface area contributed by atoms with Crippen LogP contribution in [0.4, 0.5) is 0 Å². The highest BCUT2D eigenvalue weighted by Crippen LogP contribution is 2.28. The Morgan fingerprint density at radius 1 is 1.16 bits per heavy atom. The Morgan fingerprint density at radius 2 is 1.97 bits per heavy atom. The molecule has 0 spiro atoms. The largest absolute Gasteiger partial charge is 0.497 e. The maximum atomic E-state index is 12.7. The number of amides is 1. The number of aryl methyl sites for hydroxylation is 1. The van der Waals surface area contributed by atoms with E-state index in [1.165, 1.54) is 0 Å². The molecule has 1 fully saturated rings. The van der Waals surface area contributed by atoms with Crippen LogP contribution in [0.15, 0.2) is 59.0 Å². The SMILES string of the molecule is COc1cccc(-c2nc(COCC3CCCC(NC(=O)CC(C(=O)O)c4ccccc4)C3)c(C)o2)c1. The molecule has 0 aliphatic heterocycles. The summed E-state index contributed by atoms with van der Waals surface area (Å²) in [5.41, 5.74) is 2.24. The Morgan fingerprint density at radius 3 is 2.73 bits per heavy atom. The van der Waals surface area contributed by atoms with Gasteiger partial charge in [0.25, 0.3) is 0 Å². The van der Waals surface area contributed by atoms with Crippen molar-refractivity contribution in [2.24, 2.45) is 5.92 Å². The molecule has 1 saturated carbocycles. The predicted molar refractivity (Wildman–Crippen MR) is 138 cm³/mol. The summed E-state index contributed by atoms with van der Waals surface area (Å²) in [5.74, 6) is 0.234. The molecule has 2 aromatic carbocycles. The van der Waals surface area contributed by atoms with Crippen molar-refractivity contribution in [2.45, 2.75) is 57.6 Å². The van der Waals surface area contributed by atoms with Crippen molar-refractivity contribution in [3.05, 3.63) is 71.6 Å². The highest BCUT2D eigenvalue weighted by molar-refractivity contribution is 5.85. The summed E-state index contributed by atoms with van der Waals surface area (Å²) >= 11 is 0. The third-order valence-corrected chi connectivity index (χ3v) is 6.84. The highest BCUT2D eigenvalue weighted by Gasteiger charge is 2.27. The monoisotopic (exact) mass is 506 g/mol. The number of oxazole rings is 1. The van der Waals surface area contributed by atoms with Gasteiger partial charge in [-0.3, -0.25) is 9.59 Å². The molecule has 3 atom stereocenters. The molecule has 8 heteroatoms. The van der Waals surface area contributed by atoms with Crippen LogP contribution < -0.4 is 10.1 Å². The molecular weight excluding hydrogens is 472 g/mol. The first-order valence-corrected chi connectivity index (χ1v) is 12.7. The zero-order valence-corrected chi connectivity index (χ0v) is 21.3. The Bertz CT molecular complexity index is 1190. The van der Waals surface area contributed by atoms with E-state index in [9.17, 15) is 14.7 Å². The van der Waals surface area contributed by atoms with Crippen molar-refractivity contribution in [3.63, 3.8) is 0 Å². The van der Waals surface area contributed by atoms with Gasteiger partial charge < -0.3 is 24.3 Å². The molecule has 37 heavy (non-hydrogen) atoms. The zero-order chi connectivity index (χ0) is 26.2. The molecular formula is C29H34N2O6. The van der Waals surface area contributed by atoms with Crippen LogP contribution in [-0.4, -0.2) is 41.7 Å². The van der Waals surface area contributed by atoms with Gasteiger partial charge in [0.2, 0.25) is 11.8 Å². The summed E-state index contributed by atoms with van der Waals surface area (Å²) in [4.78, 5) is 29.0. The van der Waals surface area contributed by atoms with Gasteiger partial charge in [-0.1, -0.05) is 42.8 Å². The van der Waals surface area contributed by atoms with E-state index in [-0.39, 0.29) is 18.4 Å². The fraction of sp³-hybridized carbons (Fsp3) is 0.414. The number of hydrogen-bond donors (Lipinski definition) is 2. The lowest BCUT2D eigenvalue weighted by Gasteiger charge is -2.30. The van der Waals surface area contributed by atoms with E-state index in [2.05, 4.69) is 10.3 Å². The summed E-state index contributed by atoms with van der Waals surface area (Å²) in [5, 5.41) is 12.7. The summed E-state index contributed by atoms with van der Waals surface area (Å²) < 4.78 is 17.1. The molecule has 0 saturated heterocycles. The van der Waals surface area contributed by atoms with Crippen LogP contribution in [0.2, 0.25) is 0 Å². The average Bonchev–Trinajstić information content (AvgIpc) is 3.28. The van der Waals surface area contributed by atoms with Gasteiger partial charge in [0.05, 0.1) is 19.6 Å². The van der Waals surface area contributed by atoms with Crippen molar-refractivity contribution >= 4 is 11.9 Å². The molecule has 1 heterocycles. The third-order valence-electron chi connectivity index (χ3n) is 6.84. The number of methoxy groups -OCH3 is 1. The van der Waals surface area contributed by atoms with E-state index >= 15 is 0 Å². The Labute approximate surface area is 217 Å². The Balaban J connectivity index is 1.26. The van der Waals surface area contributed by atoms with Gasteiger partial charge in [-0.25, -0.2) is 4.98 Å². The van der Waals surface area contributed by atoms with Gasteiger partial charge in [-0.2, -0.15) is 0 Å². The lowest BCUT2D eigenvalue weighted by atomic mass is 9.86. The number of nitrogens with one attached hydrogen (secondary N) is 1. The second-order valence-corrected chi connectivity index (χ2v) is 9.57. The van der Waals surface area contributed by atoms with Gasteiger partial charge in [0.15, 0.2) is 0 Å². The minimum absolute atomic E-state index is 0.0218. The molecule has 4 rings (SSSR count). The third kappa shape index (κ3) is 7.20. The van der Waals surface area contributed by atoms with Crippen molar-refractivity contribution in [1.82, 2.24) is 10.3 Å². The highest BCUT2D eigenvalue weighted by atomic mass is 16.5. The Hall–Kier alpha value is -3.65.